The number of pyridine rings is 1. The number of amides is 1. The first-order chi connectivity index (χ1) is 15.3. The van der Waals surface area contributed by atoms with E-state index in [0.717, 1.165) is 55.3 Å². The van der Waals surface area contributed by atoms with Gasteiger partial charge in [0.2, 0.25) is 0 Å². The molecule has 0 atom stereocenters. The second kappa shape index (κ2) is 8.75. The molecule has 0 spiro atoms. The summed E-state index contributed by atoms with van der Waals surface area (Å²) in [4.78, 5) is 15.2. The van der Waals surface area contributed by atoms with Crippen molar-refractivity contribution in [2.24, 2.45) is 0 Å². The number of aromatic nitrogens is 3. The maximum atomic E-state index is 12.9. The lowest BCUT2D eigenvalue weighted by molar-refractivity contribution is 0.0383. The Labute approximate surface area is 180 Å². The largest absolute Gasteiger partial charge is 0.379 e. The summed E-state index contributed by atoms with van der Waals surface area (Å²) in [5.41, 5.74) is 3.82. The van der Waals surface area contributed by atoms with Gasteiger partial charge in [0, 0.05) is 37.9 Å². The third-order valence-electron chi connectivity index (χ3n) is 5.65. The average Bonchev–Trinajstić information content (AvgIpc) is 3.47. The van der Waals surface area contributed by atoms with Crippen molar-refractivity contribution in [2.45, 2.75) is 0 Å². The molecule has 1 N–H and O–H groups in total. The highest BCUT2D eigenvalue weighted by atomic mass is 16.5. The van der Waals surface area contributed by atoms with Gasteiger partial charge in [-0.3, -0.25) is 9.69 Å². The fraction of sp³-hybridized carbons (Fsp3) is 0.250. The zero-order chi connectivity index (χ0) is 21.0. The SMILES string of the molecule is O=C(NCCN1CCOCC1)c1ccnn1-c1ccc2ccc(-c3ccccc3)cn12. The number of benzene rings is 1. The molecule has 1 aliphatic heterocycles. The lowest BCUT2D eigenvalue weighted by Gasteiger charge is -2.26. The molecule has 1 fully saturated rings. The normalized spacial score (nSPS) is 14.7. The lowest BCUT2D eigenvalue weighted by atomic mass is 10.1. The number of rotatable bonds is 6. The molecular weight excluding hydrogens is 390 g/mol. The van der Waals surface area contributed by atoms with Crippen LogP contribution in [0.3, 0.4) is 0 Å². The van der Waals surface area contributed by atoms with E-state index in [1.165, 1.54) is 0 Å². The highest BCUT2D eigenvalue weighted by Crippen LogP contribution is 2.23. The molecule has 7 heteroatoms. The summed E-state index contributed by atoms with van der Waals surface area (Å²) >= 11 is 0. The Morgan fingerprint density at radius 2 is 1.77 bits per heavy atom. The van der Waals surface area contributed by atoms with Crippen molar-refractivity contribution in [2.75, 3.05) is 39.4 Å². The molecule has 4 aromatic rings. The molecule has 7 nitrogen and oxygen atoms in total. The Balaban J connectivity index is 1.37. The van der Waals surface area contributed by atoms with Crippen LogP contribution in [0.15, 0.2) is 73.1 Å². The maximum Gasteiger partial charge on any atom is 0.270 e. The van der Waals surface area contributed by atoms with E-state index in [9.17, 15) is 4.79 Å². The number of carbonyl (C=O) groups is 1. The molecule has 5 rings (SSSR count). The molecule has 1 aliphatic rings. The number of nitrogens with one attached hydrogen (secondary N) is 1. The van der Waals surface area contributed by atoms with E-state index in [1.54, 1.807) is 16.9 Å². The number of hydrogen-bond donors (Lipinski definition) is 1. The average molecular weight is 415 g/mol. The summed E-state index contributed by atoms with van der Waals surface area (Å²) in [7, 11) is 0. The smallest absolute Gasteiger partial charge is 0.270 e. The predicted octanol–water partition coefficient (Wildman–Crippen LogP) is 2.85. The molecule has 0 aliphatic carbocycles. The number of hydrogen-bond acceptors (Lipinski definition) is 4. The molecular formula is C24H25N5O2. The molecule has 0 bridgehead atoms. The van der Waals surface area contributed by atoms with Gasteiger partial charge in [-0.2, -0.15) is 5.10 Å². The fourth-order valence-corrected chi connectivity index (χ4v) is 3.96. The Kier molecular flexibility index (Phi) is 5.52. The van der Waals surface area contributed by atoms with E-state index in [1.807, 2.05) is 30.3 Å². The van der Waals surface area contributed by atoms with E-state index in [0.29, 0.717) is 12.2 Å². The minimum absolute atomic E-state index is 0.125. The second-order valence-corrected chi connectivity index (χ2v) is 7.61. The molecule has 0 radical (unpaired) electrons. The van der Waals surface area contributed by atoms with Crippen molar-refractivity contribution < 1.29 is 9.53 Å². The van der Waals surface area contributed by atoms with Gasteiger partial charge >= 0.3 is 0 Å². The first-order valence-corrected chi connectivity index (χ1v) is 10.6. The van der Waals surface area contributed by atoms with Crippen LogP contribution in [-0.4, -0.2) is 64.4 Å². The quantitative estimate of drug-likeness (QED) is 0.526. The monoisotopic (exact) mass is 415 g/mol. The number of nitrogens with zero attached hydrogens (tertiary/aromatic N) is 4. The van der Waals surface area contributed by atoms with Crippen molar-refractivity contribution in [1.82, 2.24) is 24.4 Å². The van der Waals surface area contributed by atoms with Crippen LogP contribution in [0, 0.1) is 0 Å². The lowest BCUT2D eigenvalue weighted by Crippen LogP contribution is -2.41. The molecule has 0 unspecified atom stereocenters. The van der Waals surface area contributed by atoms with Gasteiger partial charge in [-0.05, 0) is 35.4 Å². The van der Waals surface area contributed by atoms with Gasteiger partial charge in [0.25, 0.3) is 5.91 Å². The summed E-state index contributed by atoms with van der Waals surface area (Å²) in [5.74, 6) is 0.705. The summed E-state index contributed by atoms with van der Waals surface area (Å²) in [5, 5.41) is 7.47. The molecule has 158 valence electrons. The van der Waals surface area contributed by atoms with Gasteiger partial charge in [-0.25, -0.2) is 4.68 Å². The second-order valence-electron chi connectivity index (χ2n) is 7.61. The standard InChI is InChI=1S/C24H25N5O2/c30-24(25-12-13-27-14-16-31-17-15-27)22-10-11-26-29(22)23-9-8-21-7-6-20(18-28(21)23)19-4-2-1-3-5-19/h1-11,18H,12-17H2,(H,25,30). The van der Waals surface area contributed by atoms with E-state index in [4.69, 9.17) is 4.74 Å². The van der Waals surface area contributed by atoms with Gasteiger partial charge in [0.05, 0.1) is 19.4 Å². The topological polar surface area (TPSA) is 63.8 Å². The van der Waals surface area contributed by atoms with E-state index < -0.39 is 0 Å². The highest BCUT2D eigenvalue weighted by molar-refractivity contribution is 5.93. The van der Waals surface area contributed by atoms with Gasteiger partial charge in [0.1, 0.15) is 11.5 Å². The van der Waals surface area contributed by atoms with E-state index >= 15 is 0 Å². The fourth-order valence-electron chi connectivity index (χ4n) is 3.96. The molecule has 4 heterocycles. The first kappa shape index (κ1) is 19.5. The van der Waals surface area contributed by atoms with Crippen LogP contribution in [0.2, 0.25) is 0 Å². The number of ether oxygens (including phenoxy) is 1. The predicted molar refractivity (Wildman–Crippen MR) is 120 cm³/mol. The highest BCUT2D eigenvalue weighted by Gasteiger charge is 2.17. The molecule has 0 saturated carbocycles. The van der Waals surface area contributed by atoms with Crippen molar-refractivity contribution in [3.63, 3.8) is 0 Å². The molecule has 1 amide bonds. The Morgan fingerprint density at radius 1 is 0.968 bits per heavy atom. The van der Waals surface area contributed by atoms with Gasteiger partial charge in [-0.15, -0.1) is 0 Å². The number of fused-ring (bicyclic) bond motifs is 1. The molecule has 31 heavy (non-hydrogen) atoms. The van der Waals surface area contributed by atoms with Crippen LogP contribution < -0.4 is 5.32 Å². The van der Waals surface area contributed by atoms with Gasteiger partial charge in [0.15, 0.2) is 0 Å². The third kappa shape index (κ3) is 4.10. The van der Waals surface area contributed by atoms with Crippen LogP contribution in [0.1, 0.15) is 10.5 Å². The third-order valence-corrected chi connectivity index (χ3v) is 5.65. The van der Waals surface area contributed by atoms with Crippen LogP contribution in [-0.2, 0) is 4.74 Å². The van der Waals surface area contributed by atoms with E-state index in [2.05, 4.69) is 50.2 Å². The number of carbonyl (C=O) groups excluding carboxylic acids is 1. The minimum Gasteiger partial charge on any atom is -0.379 e. The van der Waals surface area contributed by atoms with Crippen molar-refractivity contribution in [3.8, 4) is 16.9 Å². The Hall–Kier alpha value is -3.42. The van der Waals surface area contributed by atoms with Crippen molar-refractivity contribution in [1.29, 1.82) is 0 Å². The Morgan fingerprint density at radius 3 is 2.61 bits per heavy atom. The van der Waals surface area contributed by atoms with Crippen LogP contribution in [0.5, 0.6) is 0 Å². The van der Waals surface area contributed by atoms with Crippen molar-refractivity contribution in [3.05, 3.63) is 78.8 Å². The number of morpholine rings is 1. The maximum absolute atomic E-state index is 12.9. The molecule has 1 saturated heterocycles. The Bertz CT molecular complexity index is 1180. The van der Waals surface area contributed by atoms with Crippen LogP contribution in [0.4, 0.5) is 0 Å². The van der Waals surface area contributed by atoms with E-state index in [-0.39, 0.29) is 5.91 Å². The van der Waals surface area contributed by atoms with Crippen LogP contribution in [0.25, 0.3) is 22.5 Å². The summed E-state index contributed by atoms with van der Waals surface area (Å²) in [6.45, 7) is 4.75. The van der Waals surface area contributed by atoms with Gasteiger partial charge < -0.3 is 14.5 Å². The summed E-state index contributed by atoms with van der Waals surface area (Å²) in [6, 6.07) is 20.2. The van der Waals surface area contributed by atoms with Crippen LogP contribution >= 0.6 is 0 Å². The zero-order valence-electron chi connectivity index (χ0n) is 17.3. The molecule has 3 aromatic heterocycles. The first-order valence-electron chi connectivity index (χ1n) is 10.6. The van der Waals surface area contributed by atoms with Crippen molar-refractivity contribution >= 4 is 11.4 Å². The summed E-state index contributed by atoms with van der Waals surface area (Å²) < 4.78 is 9.14. The van der Waals surface area contributed by atoms with Gasteiger partial charge in [-0.1, -0.05) is 36.4 Å². The molecule has 1 aromatic carbocycles. The zero-order valence-corrected chi connectivity index (χ0v) is 17.3. The summed E-state index contributed by atoms with van der Waals surface area (Å²) in [6.07, 6.45) is 3.75. The minimum atomic E-state index is -0.125.